The Hall–Kier alpha value is -1.35. The third-order valence-electron chi connectivity index (χ3n) is 1.86. The van der Waals surface area contributed by atoms with E-state index in [-0.39, 0.29) is 0 Å². The Morgan fingerprint density at radius 1 is 1.38 bits per heavy atom. The van der Waals surface area contributed by atoms with Crippen molar-refractivity contribution in [1.82, 2.24) is 15.4 Å². The van der Waals surface area contributed by atoms with Crippen LogP contribution < -0.4 is 0 Å². The van der Waals surface area contributed by atoms with Crippen LogP contribution >= 0.6 is 11.6 Å². The zero-order valence-electron chi connectivity index (χ0n) is 6.87. The van der Waals surface area contributed by atoms with Crippen LogP contribution in [0.15, 0.2) is 29.8 Å². The van der Waals surface area contributed by atoms with E-state index in [1.165, 1.54) is 5.54 Å². The first-order valence-electron chi connectivity index (χ1n) is 3.95. The maximum absolute atomic E-state index is 5.45. The summed E-state index contributed by atoms with van der Waals surface area (Å²) in [6, 6.07) is 5.90. The number of nitrogens with one attached hydrogen (secondary N) is 1. The lowest BCUT2D eigenvalue weighted by atomic mass is 10.1. The van der Waals surface area contributed by atoms with E-state index in [4.69, 9.17) is 11.6 Å². The molecule has 0 saturated heterocycles. The van der Waals surface area contributed by atoms with E-state index in [1.54, 1.807) is 0 Å². The topological polar surface area (TPSA) is 41.6 Å². The number of halogens is 1. The molecule has 4 heteroatoms. The zero-order valence-corrected chi connectivity index (χ0v) is 7.62. The lowest BCUT2D eigenvalue weighted by Gasteiger charge is -1.94. The molecule has 1 N–H and O–H groups in total. The number of benzene rings is 1. The van der Waals surface area contributed by atoms with Gasteiger partial charge in [-0.25, -0.2) is 0 Å². The Labute approximate surface area is 80.4 Å². The average molecular weight is 194 g/mol. The van der Waals surface area contributed by atoms with Crippen LogP contribution in [0.25, 0.3) is 11.0 Å². The minimum atomic E-state index is 0.785. The molecule has 2 aromatic rings. The first kappa shape index (κ1) is 8.26. The molecule has 1 aromatic heterocycles. The van der Waals surface area contributed by atoms with Crippen LogP contribution in [0.1, 0.15) is 5.56 Å². The number of hydrogen-bond donors (Lipinski definition) is 1. The molecule has 0 spiro atoms. The summed E-state index contributed by atoms with van der Waals surface area (Å²) in [4.78, 5) is 0. The Balaban J connectivity index is 2.48. The number of para-hydroxylation sites is 1. The van der Waals surface area contributed by atoms with E-state index in [9.17, 15) is 0 Å². The third-order valence-corrected chi connectivity index (χ3v) is 2.04. The normalized spacial score (nSPS) is 11.5. The summed E-state index contributed by atoms with van der Waals surface area (Å²) in [5.41, 5.74) is 4.44. The lowest BCUT2D eigenvalue weighted by molar-refractivity contribution is 0.957. The second-order valence-corrected chi connectivity index (χ2v) is 2.93. The van der Waals surface area contributed by atoms with Gasteiger partial charge in [0.15, 0.2) is 0 Å². The molecule has 0 atom stereocenters. The molecule has 0 bridgehead atoms. The summed E-state index contributed by atoms with van der Waals surface area (Å²) >= 11 is 5.45. The number of rotatable bonds is 2. The van der Waals surface area contributed by atoms with E-state index < -0.39 is 0 Å². The van der Waals surface area contributed by atoms with Crippen LogP contribution in [0.4, 0.5) is 0 Å². The number of H-pyrrole nitrogens is 1. The Morgan fingerprint density at radius 2 is 2.31 bits per heavy atom. The van der Waals surface area contributed by atoms with Crippen LogP contribution in [0.3, 0.4) is 0 Å². The Bertz CT molecular complexity index is 433. The molecule has 66 valence electrons. The molecular formula is C9H8ClN3. The summed E-state index contributed by atoms with van der Waals surface area (Å²) in [6.07, 6.45) is 2.67. The predicted molar refractivity (Wildman–Crippen MR) is 52.6 cm³/mol. The van der Waals surface area contributed by atoms with Gasteiger partial charge in [-0.1, -0.05) is 29.8 Å². The van der Waals surface area contributed by atoms with Gasteiger partial charge < -0.3 is 0 Å². The number of fused-ring (bicyclic) bond motifs is 1. The molecule has 13 heavy (non-hydrogen) atoms. The quantitative estimate of drug-likeness (QED) is 0.795. The largest absolute Gasteiger partial charge is 0.197 e. The molecule has 0 fully saturated rings. The Kier molecular flexibility index (Phi) is 2.27. The molecule has 3 nitrogen and oxygen atoms in total. The van der Waals surface area contributed by atoms with Gasteiger partial charge in [0.2, 0.25) is 0 Å². The van der Waals surface area contributed by atoms with Gasteiger partial charge in [-0.3, -0.25) is 0 Å². The third kappa shape index (κ3) is 1.55. The number of aromatic amines is 1. The number of nitrogens with zero attached hydrogens (tertiary/aromatic N) is 2. The second kappa shape index (κ2) is 3.58. The monoisotopic (exact) mass is 193 g/mol. The second-order valence-electron chi connectivity index (χ2n) is 2.67. The fraction of sp³-hybridized carbons (Fsp3) is 0.111. The predicted octanol–water partition coefficient (Wildman–Crippen LogP) is 2.25. The summed E-state index contributed by atoms with van der Waals surface area (Å²) < 4.78 is 0. The summed E-state index contributed by atoms with van der Waals surface area (Å²) in [5.74, 6) is 0. The van der Waals surface area contributed by atoms with Crippen LogP contribution in [0.2, 0.25) is 0 Å². The van der Waals surface area contributed by atoms with Crippen molar-refractivity contribution in [1.29, 1.82) is 0 Å². The first-order valence-corrected chi connectivity index (χ1v) is 4.39. The molecule has 0 aliphatic heterocycles. The average Bonchev–Trinajstić information content (AvgIpc) is 2.62. The van der Waals surface area contributed by atoms with Crippen molar-refractivity contribution in [2.45, 2.75) is 6.42 Å². The number of aromatic nitrogens is 3. The van der Waals surface area contributed by atoms with Gasteiger partial charge in [0.25, 0.3) is 0 Å². The maximum atomic E-state index is 5.45. The van der Waals surface area contributed by atoms with Crippen LogP contribution in [-0.2, 0) is 6.42 Å². The smallest absolute Gasteiger partial charge is 0.116 e. The van der Waals surface area contributed by atoms with Gasteiger partial charge in [-0.2, -0.15) is 15.4 Å². The number of allylic oxidation sites excluding steroid dienone is 1. The summed E-state index contributed by atoms with van der Waals surface area (Å²) in [6.45, 7) is 0. The van der Waals surface area contributed by atoms with E-state index in [1.807, 2.05) is 24.3 Å². The molecule has 1 aromatic carbocycles. The number of hydrogen-bond acceptors (Lipinski definition) is 2. The van der Waals surface area contributed by atoms with Crippen molar-refractivity contribution < 1.29 is 0 Å². The maximum Gasteiger partial charge on any atom is 0.116 e. The van der Waals surface area contributed by atoms with Crippen molar-refractivity contribution in [2.24, 2.45) is 0 Å². The minimum absolute atomic E-state index is 0.785. The van der Waals surface area contributed by atoms with Crippen LogP contribution in [-0.4, -0.2) is 15.4 Å². The highest BCUT2D eigenvalue weighted by molar-refractivity contribution is 6.25. The fourth-order valence-electron chi connectivity index (χ4n) is 1.26. The van der Waals surface area contributed by atoms with E-state index in [0.29, 0.717) is 0 Å². The van der Waals surface area contributed by atoms with Crippen LogP contribution in [0.5, 0.6) is 0 Å². The molecule has 0 saturated carbocycles. The van der Waals surface area contributed by atoms with Gasteiger partial charge in [-0.15, -0.1) is 0 Å². The zero-order chi connectivity index (χ0) is 9.10. The Morgan fingerprint density at radius 3 is 3.15 bits per heavy atom. The highest BCUT2D eigenvalue weighted by Gasteiger charge is 2.01. The molecule has 0 unspecified atom stereocenters. The van der Waals surface area contributed by atoms with E-state index >= 15 is 0 Å². The molecule has 0 radical (unpaired) electrons. The van der Waals surface area contributed by atoms with Crippen molar-refractivity contribution in [3.8, 4) is 0 Å². The fourth-order valence-corrected chi connectivity index (χ4v) is 1.35. The van der Waals surface area contributed by atoms with Crippen molar-refractivity contribution in [2.75, 3.05) is 0 Å². The molecular weight excluding hydrogens is 186 g/mol. The molecule has 0 aliphatic rings. The van der Waals surface area contributed by atoms with Gasteiger partial charge in [0, 0.05) is 5.54 Å². The van der Waals surface area contributed by atoms with Gasteiger partial charge in [0.1, 0.15) is 11.0 Å². The van der Waals surface area contributed by atoms with Gasteiger partial charge in [-0.05, 0) is 18.1 Å². The molecule has 0 amide bonds. The SMILES string of the molecule is ClC=CCc1cccc2n[nH]nc12. The highest BCUT2D eigenvalue weighted by Crippen LogP contribution is 2.14. The van der Waals surface area contributed by atoms with Crippen molar-refractivity contribution in [3.05, 3.63) is 35.4 Å². The standard InChI is InChI=1S/C9H8ClN3/c10-6-2-4-7-3-1-5-8-9(7)12-13-11-8/h1-3,5-6H,4H2,(H,11,12,13). The highest BCUT2D eigenvalue weighted by atomic mass is 35.5. The van der Waals surface area contributed by atoms with E-state index in [2.05, 4.69) is 15.4 Å². The summed E-state index contributed by atoms with van der Waals surface area (Å²) in [5, 5.41) is 10.7. The molecule has 1 heterocycles. The van der Waals surface area contributed by atoms with E-state index in [0.717, 1.165) is 23.0 Å². The lowest BCUT2D eigenvalue weighted by Crippen LogP contribution is -1.82. The van der Waals surface area contributed by atoms with Gasteiger partial charge in [0.05, 0.1) is 0 Å². The minimum Gasteiger partial charge on any atom is -0.197 e. The molecule has 0 aliphatic carbocycles. The van der Waals surface area contributed by atoms with Crippen LogP contribution in [0, 0.1) is 0 Å². The van der Waals surface area contributed by atoms with Crippen molar-refractivity contribution in [3.63, 3.8) is 0 Å². The molecule has 2 rings (SSSR count). The summed E-state index contributed by atoms with van der Waals surface area (Å²) in [7, 11) is 0. The van der Waals surface area contributed by atoms with Gasteiger partial charge >= 0.3 is 0 Å². The first-order chi connectivity index (χ1) is 6.42. The van der Waals surface area contributed by atoms with Crippen molar-refractivity contribution >= 4 is 22.6 Å².